The number of esters is 1. The van der Waals surface area contributed by atoms with Crippen molar-refractivity contribution in [3.05, 3.63) is 23.8 Å². The summed E-state index contributed by atoms with van der Waals surface area (Å²) in [7, 11) is 4.85. The molecule has 1 aromatic carbocycles. The summed E-state index contributed by atoms with van der Waals surface area (Å²) in [5, 5.41) is 3.16. The summed E-state index contributed by atoms with van der Waals surface area (Å²) in [5.74, 6) is 0.988. The lowest BCUT2D eigenvalue weighted by Gasteiger charge is -2.15. The fourth-order valence-electron chi connectivity index (χ4n) is 1.59. The van der Waals surface area contributed by atoms with Crippen LogP contribution in [-0.2, 0) is 9.53 Å². The Kier molecular flexibility index (Phi) is 6.15. The molecule has 0 aliphatic carbocycles. The molecule has 0 aliphatic rings. The summed E-state index contributed by atoms with van der Waals surface area (Å²) >= 11 is 0. The van der Waals surface area contributed by atoms with Gasteiger partial charge in [0.1, 0.15) is 0 Å². The number of carbonyl (C=O) groups is 1. The van der Waals surface area contributed by atoms with Gasteiger partial charge in [-0.3, -0.25) is 4.79 Å². The molecule has 1 atom stereocenters. The number of hydrogen-bond acceptors (Lipinski definition) is 5. The molecular weight excluding hydrogens is 246 g/mol. The van der Waals surface area contributed by atoms with Crippen molar-refractivity contribution in [2.75, 3.05) is 27.9 Å². The molecule has 1 N–H and O–H groups in total. The third-order valence-electron chi connectivity index (χ3n) is 2.91. The van der Waals surface area contributed by atoms with E-state index in [4.69, 9.17) is 9.47 Å². The van der Waals surface area contributed by atoms with Gasteiger partial charge >= 0.3 is 5.97 Å². The molecule has 0 fully saturated rings. The number of methoxy groups -OCH3 is 2. The lowest BCUT2D eigenvalue weighted by Crippen LogP contribution is -2.12. The summed E-state index contributed by atoms with van der Waals surface area (Å²) in [4.78, 5) is 11.0. The number of rotatable bonds is 7. The van der Waals surface area contributed by atoms with Crippen LogP contribution in [0.4, 0.5) is 0 Å². The molecule has 0 saturated carbocycles. The van der Waals surface area contributed by atoms with E-state index < -0.39 is 0 Å². The lowest BCUT2D eigenvalue weighted by molar-refractivity contribution is -0.141. The van der Waals surface area contributed by atoms with Crippen LogP contribution in [0.5, 0.6) is 11.5 Å². The van der Waals surface area contributed by atoms with Crippen LogP contribution in [0.2, 0.25) is 0 Å². The molecule has 0 radical (unpaired) electrons. The SMILES string of the molecule is CNC(C)c1ccc(OCCC(=O)OC)c(OC)c1. The Balaban J connectivity index is 2.70. The highest BCUT2D eigenvalue weighted by atomic mass is 16.5. The van der Waals surface area contributed by atoms with E-state index in [0.29, 0.717) is 11.5 Å². The van der Waals surface area contributed by atoms with Crippen molar-refractivity contribution >= 4 is 5.97 Å². The molecule has 1 rings (SSSR count). The van der Waals surface area contributed by atoms with E-state index in [1.165, 1.54) is 7.11 Å². The zero-order valence-corrected chi connectivity index (χ0v) is 11.9. The first-order valence-corrected chi connectivity index (χ1v) is 6.17. The molecule has 1 unspecified atom stereocenters. The first-order chi connectivity index (χ1) is 9.12. The monoisotopic (exact) mass is 267 g/mol. The van der Waals surface area contributed by atoms with Gasteiger partial charge in [-0.25, -0.2) is 0 Å². The first kappa shape index (κ1) is 15.3. The van der Waals surface area contributed by atoms with Crippen molar-refractivity contribution in [3.8, 4) is 11.5 Å². The predicted octanol–water partition coefficient (Wildman–Crippen LogP) is 1.92. The van der Waals surface area contributed by atoms with Gasteiger partial charge in [0.25, 0.3) is 0 Å². The van der Waals surface area contributed by atoms with Gasteiger partial charge in [0.05, 0.1) is 27.2 Å². The Morgan fingerprint density at radius 1 is 1.32 bits per heavy atom. The van der Waals surface area contributed by atoms with Gasteiger partial charge in [0, 0.05) is 6.04 Å². The van der Waals surface area contributed by atoms with E-state index in [2.05, 4.69) is 17.0 Å². The summed E-state index contributed by atoms with van der Waals surface area (Å²) in [6.07, 6.45) is 0.217. The molecule has 19 heavy (non-hydrogen) atoms. The maximum absolute atomic E-state index is 11.0. The molecule has 0 spiro atoms. The summed E-state index contributed by atoms with van der Waals surface area (Å²) in [5.41, 5.74) is 1.11. The third-order valence-corrected chi connectivity index (χ3v) is 2.91. The second-order valence-electron chi connectivity index (χ2n) is 4.10. The van der Waals surface area contributed by atoms with Gasteiger partial charge in [-0.05, 0) is 31.7 Å². The van der Waals surface area contributed by atoms with E-state index in [1.54, 1.807) is 7.11 Å². The summed E-state index contributed by atoms with van der Waals surface area (Å²) in [6, 6.07) is 5.98. The van der Waals surface area contributed by atoms with Gasteiger partial charge in [-0.2, -0.15) is 0 Å². The molecule has 0 amide bonds. The van der Waals surface area contributed by atoms with Crippen LogP contribution in [-0.4, -0.2) is 33.8 Å². The van der Waals surface area contributed by atoms with Crippen LogP contribution in [0.25, 0.3) is 0 Å². The van der Waals surface area contributed by atoms with Crippen molar-refractivity contribution in [2.24, 2.45) is 0 Å². The molecule has 5 nitrogen and oxygen atoms in total. The van der Waals surface area contributed by atoms with E-state index in [0.717, 1.165) is 5.56 Å². The van der Waals surface area contributed by atoms with Crippen LogP contribution in [0, 0.1) is 0 Å². The van der Waals surface area contributed by atoms with Crippen molar-refractivity contribution in [3.63, 3.8) is 0 Å². The van der Waals surface area contributed by atoms with Gasteiger partial charge in [0.15, 0.2) is 11.5 Å². The van der Waals surface area contributed by atoms with Crippen molar-refractivity contribution in [2.45, 2.75) is 19.4 Å². The van der Waals surface area contributed by atoms with Crippen molar-refractivity contribution < 1.29 is 19.0 Å². The van der Waals surface area contributed by atoms with Crippen molar-refractivity contribution in [1.82, 2.24) is 5.32 Å². The standard InChI is InChI=1S/C14H21NO4/c1-10(15-2)11-5-6-12(13(9-11)17-3)19-8-7-14(16)18-4/h5-6,9-10,15H,7-8H2,1-4H3. The van der Waals surface area contributed by atoms with Crippen molar-refractivity contribution in [1.29, 1.82) is 0 Å². The lowest BCUT2D eigenvalue weighted by atomic mass is 10.1. The second kappa shape index (κ2) is 7.63. The molecule has 0 saturated heterocycles. The number of nitrogens with one attached hydrogen (secondary N) is 1. The Labute approximate surface area is 113 Å². The molecule has 0 bridgehead atoms. The fourth-order valence-corrected chi connectivity index (χ4v) is 1.59. The van der Waals surface area contributed by atoms with E-state index in [1.807, 2.05) is 25.2 Å². The topological polar surface area (TPSA) is 56.8 Å². The largest absolute Gasteiger partial charge is 0.493 e. The molecule has 5 heteroatoms. The maximum atomic E-state index is 11.0. The maximum Gasteiger partial charge on any atom is 0.308 e. The molecule has 0 aliphatic heterocycles. The molecule has 0 aromatic heterocycles. The van der Waals surface area contributed by atoms with Gasteiger partial charge in [0.2, 0.25) is 0 Å². The minimum absolute atomic E-state index is 0.217. The minimum Gasteiger partial charge on any atom is -0.493 e. The highest BCUT2D eigenvalue weighted by Gasteiger charge is 2.10. The quantitative estimate of drug-likeness (QED) is 0.765. The Bertz CT molecular complexity index is 420. The van der Waals surface area contributed by atoms with Gasteiger partial charge in [-0.15, -0.1) is 0 Å². The normalized spacial score (nSPS) is 11.8. The average molecular weight is 267 g/mol. The number of benzene rings is 1. The predicted molar refractivity (Wildman–Crippen MR) is 72.6 cm³/mol. The van der Waals surface area contributed by atoms with Crippen LogP contribution in [0.3, 0.4) is 0 Å². The Morgan fingerprint density at radius 3 is 2.63 bits per heavy atom. The van der Waals surface area contributed by atoms with Crippen LogP contribution < -0.4 is 14.8 Å². The number of ether oxygens (including phenoxy) is 3. The molecule has 106 valence electrons. The smallest absolute Gasteiger partial charge is 0.308 e. The Hall–Kier alpha value is -1.75. The van der Waals surface area contributed by atoms with Gasteiger partial charge < -0.3 is 19.5 Å². The molecule has 1 aromatic rings. The zero-order valence-electron chi connectivity index (χ0n) is 11.9. The second-order valence-corrected chi connectivity index (χ2v) is 4.10. The van der Waals surface area contributed by atoms with Gasteiger partial charge in [-0.1, -0.05) is 6.07 Å². The van der Waals surface area contributed by atoms with E-state index in [9.17, 15) is 4.79 Å². The minimum atomic E-state index is -0.292. The third kappa shape index (κ3) is 4.44. The summed E-state index contributed by atoms with van der Waals surface area (Å²) in [6.45, 7) is 2.33. The van der Waals surface area contributed by atoms with E-state index >= 15 is 0 Å². The van der Waals surface area contributed by atoms with Crippen LogP contribution in [0.1, 0.15) is 24.9 Å². The fraction of sp³-hybridized carbons (Fsp3) is 0.500. The zero-order chi connectivity index (χ0) is 14.3. The highest BCUT2D eigenvalue weighted by Crippen LogP contribution is 2.30. The average Bonchev–Trinajstić information content (AvgIpc) is 2.46. The van der Waals surface area contributed by atoms with Crippen LogP contribution >= 0.6 is 0 Å². The highest BCUT2D eigenvalue weighted by molar-refractivity contribution is 5.69. The molecule has 0 heterocycles. The summed E-state index contributed by atoms with van der Waals surface area (Å²) < 4.78 is 15.4. The van der Waals surface area contributed by atoms with Crippen LogP contribution in [0.15, 0.2) is 18.2 Å². The first-order valence-electron chi connectivity index (χ1n) is 6.17. The van der Waals surface area contributed by atoms with E-state index in [-0.39, 0.29) is 25.0 Å². The molecular formula is C14H21NO4. The number of hydrogen-bond donors (Lipinski definition) is 1. The number of carbonyl (C=O) groups excluding carboxylic acids is 1. The Morgan fingerprint density at radius 2 is 2.05 bits per heavy atom.